The quantitative estimate of drug-likeness (QED) is 0.658. The van der Waals surface area contributed by atoms with Gasteiger partial charge in [-0.05, 0) is 68.3 Å². The van der Waals surface area contributed by atoms with Gasteiger partial charge in [0.2, 0.25) is 0 Å². The van der Waals surface area contributed by atoms with E-state index in [2.05, 4.69) is 52.6 Å². The fourth-order valence-electron chi connectivity index (χ4n) is 2.62. The van der Waals surface area contributed by atoms with Crippen LogP contribution in [0.5, 0.6) is 0 Å². The number of aromatic nitrogens is 2. The van der Waals surface area contributed by atoms with Crippen LogP contribution in [0.15, 0.2) is 54.9 Å². The van der Waals surface area contributed by atoms with Gasteiger partial charge in [-0.3, -0.25) is 4.79 Å². The Balaban J connectivity index is 1.75. The van der Waals surface area contributed by atoms with Gasteiger partial charge in [0, 0.05) is 23.0 Å². The summed E-state index contributed by atoms with van der Waals surface area (Å²) in [7, 11) is 0. The average Bonchev–Trinajstić information content (AvgIpc) is 2.54. The highest BCUT2D eigenvalue weighted by Gasteiger charge is 2.03. The second kappa shape index (κ2) is 7.13. The van der Waals surface area contributed by atoms with E-state index in [1.165, 1.54) is 17.5 Å². The molecule has 3 rings (SSSR count). The van der Waals surface area contributed by atoms with Crippen LogP contribution in [0.25, 0.3) is 0 Å². The molecule has 0 atom stereocenters. The van der Waals surface area contributed by atoms with Crippen LogP contribution < -0.4 is 10.6 Å². The number of benzene rings is 2. The zero-order chi connectivity index (χ0) is 17.8. The van der Waals surface area contributed by atoms with Crippen molar-refractivity contribution in [2.24, 2.45) is 0 Å². The third-order valence-electron chi connectivity index (χ3n) is 3.73. The number of rotatable bonds is 5. The van der Waals surface area contributed by atoms with Crippen LogP contribution >= 0.6 is 0 Å². The maximum atomic E-state index is 11.3. The lowest BCUT2D eigenvalue weighted by Gasteiger charge is -2.10. The van der Waals surface area contributed by atoms with E-state index < -0.39 is 0 Å². The Kier molecular flexibility index (Phi) is 4.75. The summed E-state index contributed by atoms with van der Waals surface area (Å²) in [5, 5.41) is 6.52. The van der Waals surface area contributed by atoms with Crippen molar-refractivity contribution in [2.45, 2.75) is 20.8 Å². The van der Waals surface area contributed by atoms with Crippen LogP contribution in [-0.4, -0.2) is 15.8 Å². The molecule has 0 aliphatic heterocycles. The summed E-state index contributed by atoms with van der Waals surface area (Å²) in [6, 6.07) is 15.4. The van der Waals surface area contributed by atoms with E-state index in [1.54, 1.807) is 19.1 Å². The van der Waals surface area contributed by atoms with E-state index in [0.717, 1.165) is 11.4 Å². The Bertz CT molecular complexity index is 884. The molecule has 0 amide bonds. The summed E-state index contributed by atoms with van der Waals surface area (Å²) in [5.74, 6) is 1.44. The lowest BCUT2D eigenvalue weighted by molar-refractivity contribution is 0.101. The smallest absolute Gasteiger partial charge is 0.159 e. The van der Waals surface area contributed by atoms with E-state index in [1.807, 2.05) is 18.2 Å². The van der Waals surface area contributed by atoms with Crippen molar-refractivity contribution < 1.29 is 4.79 Å². The summed E-state index contributed by atoms with van der Waals surface area (Å²) >= 11 is 0. The van der Waals surface area contributed by atoms with E-state index in [9.17, 15) is 4.79 Å². The number of hydrogen-bond donors (Lipinski definition) is 2. The zero-order valence-corrected chi connectivity index (χ0v) is 14.5. The molecule has 0 saturated carbocycles. The van der Waals surface area contributed by atoms with Gasteiger partial charge in [0.15, 0.2) is 5.78 Å². The molecule has 1 aromatic heterocycles. The number of nitrogens with one attached hydrogen (secondary N) is 2. The van der Waals surface area contributed by atoms with E-state index in [4.69, 9.17) is 0 Å². The second-order valence-electron chi connectivity index (χ2n) is 6.05. The summed E-state index contributed by atoms with van der Waals surface area (Å²) in [4.78, 5) is 19.8. The number of anilines is 4. The summed E-state index contributed by atoms with van der Waals surface area (Å²) in [6.45, 7) is 5.68. The molecular formula is C20H20N4O. The van der Waals surface area contributed by atoms with Gasteiger partial charge in [0.25, 0.3) is 0 Å². The van der Waals surface area contributed by atoms with Crippen molar-refractivity contribution in [3.63, 3.8) is 0 Å². The largest absolute Gasteiger partial charge is 0.340 e. The number of Topliss-reactive ketones (excluding diaryl/α,β-unsaturated/α-hetero) is 1. The minimum Gasteiger partial charge on any atom is -0.340 e. The Morgan fingerprint density at radius 1 is 0.800 bits per heavy atom. The minimum atomic E-state index is 0.0496. The third-order valence-corrected chi connectivity index (χ3v) is 3.73. The fraction of sp³-hybridized carbons (Fsp3) is 0.150. The van der Waals surface area contributed by atoms with Crippen molar-refractivity contribution in [3.05, 3.63) is 71.5 Å². The number of ketones is 1. The van der Waals surface area contributed by atoms with Crippen molar-refractivity contribution >= 4 is 28.8 Å². The molecule has 0 aliphatic rings. The van der Waals surface area contributed by atoms with Gasteiger partial charge in [-0.2, -0.15) is 0 Å². The normalized spacial score (nSPS) is 10.4. The Morgan fingerprint density at radius 3 is 1.92 bits per heavy atom. The predicted molar refractivity (Wildman–Crippen MR) is 101 cm³/mol. The maximum absolute atomic E-state index is 11.3. The monoisotopic (exact) mass is 332 g/mol. The Labute approximate surface area is 147 Å². The summed E-state index contributed by atoms with van der Waals surface area (Å²) in [5.41, 5.74) is 4.93. The van der Waals surface area contributed by atoms with Gasteiger partial charge < -0.3 is 10.6 Å². The summed E-state index contributed by atoms with van der Waals surface area (Å²) < 4.78 is 0. The molecule has 25 heavy (non-hydrogen) atoms. The van der Waals surface area contributed by atoms with Crippen LogP contribution in [0.4, 0.5) is 23.0 Å². The van der Waals surface area contributed by atoms with E-state index in [-0.39, 0.29) is 5.78 Å². The molecule has 2 N–H and O–H groups in total. The first-order valence-electron chi connectivity index (χ1n) is 8.05. The van der Waals surface area contributed by atoms with Gasteiger partial charge in [-0.1, -0.05) is 6.07 Å². The predicted octanol–water partition coefficient (Wildman–Crippen LogP) is 4.78. The molecule has 0 saturated heterocycles. The molecule has 0 bridgehead atoms. The van der Waals surface area contributed by atoms with Crippen molar-refractivity contribution in [2.75, 3.05) is 10.6 Å². The molecule has 1 heterocycles. The highest BCUT2D eigenvalue weighted by Crippen LogP contribution is 2.21. The molecule has 3 aromatic rings. The molecule has 0 unspecified atom stereocenters. The van der Waals surface area contributed by atoms with Gasteiger partial charge in [0.1, 0.15) is 18.0 Å². The van der Waals surface area contributed by atoms with Gasteiger partial charge in [-0.15, -0.1) is 0 Å². The Hall–Kier alpha value is -3.21. The lowest BCUT2D eigenvalue weighted by atomic mass is 10.1. The van der Waals surface area contributed by atoms with E-state index in [0.29, 0.717) is 17.2 Å². The van der Waals surface area contributed by atoms with Crippen molar-refractivity contribution in [1.29, 1.82) is 0 Å². The molecule has 5 nitrogen and oxygen atoms in total. The molecule has 2 aromatic carbocycles. The number of carbonyl (C=O) groups is 1. The number of carbonyl (C=O) groups excluding carboxylic acids is 1. The second-order valence-corrected chi connectivity index (χ2v) is 6.05. The van der Waals surface area contributed by atoms with Crippen LogP contribution in [0, 0.1) is 13.8 Å². The maximum Gasteiger partial charge on any atom is 0.159 e. The zero-order valence-electron chi connectivity index (χ0n) is 14.5. The first-order valence-corrected chi connectivity index (χ1v) is 8.05. The van der Waals surface area contributed by atoms with Crippen LogP contribution in [0.2, 0.25) is 0 Å². The lowest BCUT2D eigenvalue weighted by Crippen LogP contribution is -1.99. The topological polar surface area (TPSA) is 66.9 Å². The average molecular weight is 332 g/mol. The fourth-order valence-corrected chi connectivity index (χ4v) is 2.62. The Morgan fingerprint density at radius 2 is 1.36 bits per heavy atom. The van der Waals surface area contributed by atoms with Gasteiger partial charge in [-0.25, -0.2) is 9.97 Å². The standard InChI is InChI=1S/C20H20N4O/c1-13-8-14(2)10-18(9-13)24-20-11-19(21-12-22-20)23-17-6-4-16(5-7-17)15(3)25/h4-12H,1-3H3,(H2,21,22,23,24). The van der Waals surface area contributed by atoms with Gasteiger partial charge in [0.05, 0.1) is 0 Å². The first kappa shape index (κ1) is 16.6. The summed E-state index contributed by atoms with van der Waals surface area (Å²) in [6.07, 6.45) is 1.51. The number of hydrogen-bond acceptors (Lipinski definition) is 5. The van der Waals surface area contributed by atoms with Crippen LogP contribution in [0.3, 0.4) is 0 Å². The molecule has 126 valence electrons. The molecular weight excluding hydrogens is 312 g/mol. The number of aryl methyl sites for hydroxylation is 2. The highest BCUT2D eigenvalue weighted by molar-refractivity contribution is 5.94. The van der Waals surface area contributed by atoms with Crippen LogP contribution in [0.1, 0.15) is 28.4 Å². The molecule has 5 heteroatoms. The highest BCUT2D eigenvalue weighted by atomic mass is 16.1. The van der Waals surface area contributed by atoms with Crippen molar-refractivity contribution in [1.82, 2.24) is 9.97 Å². The van der Waals surface area contributed by atoms with E-state index >= 15 is 0 Å². The first-order chi connectivity index (χ1) is 12.0. The molecule has 0 spiro atoms. The minimum absolute atomic E-state index is 0.0496. The van der Waals surface area contributed by atoms with Crippen molar-refractivity contribution in [3.8, 4) is 0 Å². The SMILES string of the molecule is CC(=O)c1ccc(Nc2cc(Nc3cc(C)cc(C)c3)ncn2)cc1. The van der Waals surface area contributed by atoms with Crippen LogP contribution in [-0.2, 0) is 0 Å². The molecule has 0 radical (unpaired) electrons. The number of nitrogens with zero attached hydrogens (tertiary/aromatic N) is 2. The molecule has 0 fully saturated rings. The molecule has 0 aliphatic carbocycles. The van der Waals surface area contributed by atoms with Gasteiger partial charge >= 0.3 is 0 Å². The third kappa shape index (κ3) is 4.41.